The van der Waals surface area contributed by atoms with Crippen molar-refractivity contribution in [2.45, 2.75) is 26.7 Å². The number of ether oxygens (including phenoxy) is 1. The monoisotopic (exact) mass is 275 g/mol. The average Bonchev–Trinajstić information content (AvgIpc) is 2.83. The topological polar surface area (TPSA) is 39.2 Å². The summed E-state index contributed by atoms with van der Waals surface area (Å²) in [6.07, 6.45) is 1.18. The summed E-state index contributed by atoms with van der Waals surface area (Å²) in [5.74, 6) is -0.210. The molecule has 3 nitrogen and oxygen atoms in total. The van der Waals surface area contributed by atoms with Crippen LogP contribution in [0.3, 0.4) is 0 Å². The van der Waals surface area contributed by atoms with E-state index in [4.69, 9.17) is 4.74 Å². The molecule has 0 aliphatic heterocycles. The van der Waals surface area contributed by atoms with E-state index in [9.17, 15) is 4.79 Å². The number of rotatable bonds is 5. The summed E-state index contributed by atoms with van der Waals surface area (Å²) in [4.78, 5) is 17.3. The van der Waals surface area contributed by atoms with Crippen molar-refractivity contribution in [2.24, 2.45) is 0 Å². The van der Waals surface area contributed by atoms with Crippen molar-refractivity contribution in [1.82, 2.24) is 4.98 Å². The number of benzene rings is 1. The van der Waals surface area contributed by atoms with E-state index in [1.165, 1.54) is 4.88 Å². The Morgan fingerprint density at radius 3 is 2.63 bits per heavy atom. The number of carbonyl (C=O) groups excluding carboxylic acids is 1. The molecule has 2 aromatic rings. The Balaban J connectivity index is 2.25. The zero-order valence-electron chi connectivity index (χ0n) is 11.2. The van der Waals surface area contributed by atoms with Gasteiger partial charge in [0.2, 0.25) is 0 Å². The third-order valence-electron chi connectivity index (χ3n) is 2.71. The largest absolute Gasteiger partial charge is 0.466 e. The molecule has 0 saturated heterocycles. The van der Waals surface area contributed by atoms with Gasteiger partial charge in [-0.15, -0.1) is 11.3 Å². The Labute approximate surface area is 117 Å². The maximum Gasteiger partial charge on any atom is 0.312 e. The summed E-state index contributed by atoms with van der Waals surface area (Å²) >= 11 is 1.60. The van der Waals surface area contributed by atoms with Gasteiger partial charge < -0.3 is 4.74 Å². The molecule has 0 atom stereocenters. The van der Waals surface area contributed by atoms with Crippen molar-refractivity contribution in [3.63, 3.8) is 0 Å². The maximum absolute atomic E-state index is 11.5. The molecule has 100 valence electrons. The van der Waals surface area contributed by atoms with Crippen LogP contribution in [0.15, 0.2) is 30.3 Å². The Bertz CT molecular complexity index is 549. The normalized spacial score (nSPS) is 10.4. The third kappa shape index (κ3) is 3.41. The Hall–Kier alpha value is -1.68. The SMILES string of the molecule is CCOC(=O)Cc1nc(-c2ccccc2)c(CC)s1. The van der Waals surface area contributed by atoms with Crippen molar-refractivity contribution >= 4 is 17.3 Å². The lowest BCUT2D eigenvalue weighted by Crippen LogP contribution is -2.07. The fraction of sp³-hybridized carbons (Fsp3) is 0.333. The van der Waals surface area contributed by atoms with E-state index in [-0.39, 0.29) is 12.4 Å². The molecule has 0 radical (unpaired) electrons. The number of nitrogens with zero attached hydrogens (tertiary/aromatic N) is 1. The lowest BCUT2D eigenvalue weighted by Gasteiger charge is -1.99. The number of aromatic nitrogens is 1. The van der Waals surface area contributed by atoms with Crippen LogP contribution in [0.1, 0.15) is 23.7 Å². The molecule has 1 heterocycles. The van der Waals surface area contributed by atoms with E-state index in [1.54, 1.807) is 11.3 Å². The molecule has 0 unspecified atom stereocenters. The van der Waals surface area contributed by atoms with E-state index < -0.39 is 0 Å². The average molecular weight is 275 g/mol. The van der Waals surface area contributed by atoms with E-state index >= 15 is 0 Å². The van der Waals surface area contributed by atoms with Crippen LogP contribution in [-0.4, -0.2) is 17.6 Å². The summed E-state index contributed by atoms with van der Waals surface area (Å²) in [7, 11) is 0. The fourth-order valence-corrected chi connectivity index (χ4v) is 2.89. The quantitative estimate of drug-likeness (QED) is 0.784. The summed E-state index contributed by atoms with van der Waals surface area (Å²) in [5.41, 5.74) is 2.10. The van der Waals surface area contributed by atoms with E-state index in [0.717, 1.165) is 22.7 Å². The van der Waals surface area contributed by atoms with Crippen LogP contribution in [-0.2, 0) is 22.4 Å². The van der Waals surface area contributed by atoms with Crippen molar-refractivity contribution in [3.05, 3.63) is 40.2 Å². The molecule has 0 bridgehead atoms. The Kier molecular flexibility index (Phi) is 4.68. The molecule has 0 aliphatic rings. The van der Waals surface area contributed by atoms with E-state index in [1.807, 2.05) is 37.3 Å². The zero-order valence-corrected chi connectivity index (χ0v) is 12.0. The van der Waals surface area contributed by atoms with Crippen molar-refractivity contribution in [1.29, 1.82) is 0 Å². The second-order valence-electron chi connectivity index (χ2n) is 4.08. The van der Waals surface area contributed by atoms with Gasteiger partial charge in [0.1, 0.15) is 5.01 Å². The van der Waals surface area contributed by atoms with Crippen LogP contribution in [0, 0.1) is 0 Å². The van der Waals surface area contributed by atoms with E-state index in [2.05, 4.69) is 11.9 Å². The highest BCUT2D eigenvalue weighted by molar-refractivity contribution is 7.12. The van der Waals surface area contributed by atoms with Crippen molar-refractivity contribution in [3.8, 4) is 11.3 Å². The smallest absolute Gasteiger partial charge is 0.312 e. The first-order valence-electron chi connectivity index (χ1n) is 6.44. The number of hydrogen-bond acceptors (Lipinski definition) is 4. The molecule has 0 spiro atoms. The Morgan fingerprint density at radius 2 is 2.00 bits per heavy atom. The molecular weight excluding hydrogens is 258 g/mol. The predicted octanol–water partition coefficient (Wildman–Crippen LogP) is 3.48. The number of carbonyl (C=O) groups is 1. The minimum absolute atomic E-state index is 0.210. The van der Waals surface area contributed by atoms with Gasteiger partial charge in [-0.2, -0.15) is 0 Å². The van der Waals surface area contributed by atoms with Crippen LogP contribution < -0.4 is 0 Å². The second kappa shape index (κ2) is 6.48. The van der Waals surface area contributed by atoms with Crippen LogP contribution in [0.5, 0.6) is 0 Å². The summed E-state index contributed by atoms with van der Waals surface area (Å²) in [6, 6.07) is 10.1. The highest BCUT2D eigenvalue weighted by Gasteiger charge is 2.14. The minimum atomic E-state index is -0.210. The van der Waals surface area contributed by atoms with Crippen LogP contribution in [0.25, 0.3) is 11.3 Å². The highest BCUT2D eigenvalue weighted by atomic mass is 32.1. The molecular formula is C15H17NO2S. The highest BCUT2D eigenvalue weighted by Crippen LogP contribution is 2.28. The molecule has 1 aromatic heterocycles. The number of esters is 1. The number of aryl methyl sites for hydroxylation is 1. The summed E-state index contributed by atoms with van der Waals surface area (Å²) < 4.78 is 4.96. The molecule has 0 fully saturated rings. The first-order chi connectivity index (χ1) is 9.24. The van der Waals surface area contributed by atoms with Gasteiger partial charge in [-0.3, -0.25) is 4.79 Å². The maximum atomic E-state index is 11.5. The first-order valence-corrected chi connectivity index (χ1v) is 7.25. The molecule has 0 N–H and O–H groups in total. The minimum Gasteiger partial charge on any atom is -0.466 e. The van der Waals surface area contributed by atoms with Crippen LogP contribution in [0.4, 0.5) is 0 Å². The molecule has 19 heavy (non-hydrogen) atoms. The van der Waals surface area contributed by atoms with Crippen molar-refractivity contribution < 1.29 is 9.53 Å². The standard InChI is InChI=1S/C15H17NO2S/c1-3-12-15(11-8-6-5-7-9-11)16-13(19-12)10-14(17)18-4-2/h5-9H,3-4,10H2,1-2H3. The van der Waals surface area contributed by atoms with Gasteiger partial charge in [0.25, 0.3) is 0 Å². The second-order valence-corrected chi connectivity index (χ2v) is 5.25. The third-order valence-corrected chi connectivity index (χ3v) is 3.91. The molecule has 0 saturated carbocycles. The summed E-state index contributed by atoms with van der Waals surface area (Å²) in [6.45, 7) is 4.33. The predicted molar refractivity (Wildman–Crippen MR) is 77.3 cm³/mol. The molecule has 2 rings (SSSR count). The van der Waals surface area contributed by atoms with E-state index in [0.29, 0.717) is 6.61 Å². The van der Waals surface area contributed by atoms with Crippen LogP contribution in [0.2, 0.25) is 0 Å². The lowest BCUT2D eigenvalue weighted by molar-refractivity contribution is -0.142. The van der Waals surface area contributed by atoms with Crippen LogP contribution >= 0.6 is 11.3 Å². The van der Waals surface area contributed by atoms with Gasteiger partial charge in [0, 0.05) is 10.4 Å². The van der Waals surface area contributed by atoms with Gasteiger partial charge in [-0.25, -0.2) is 4.98 Å². The van der Waals surface area contributed by atoms with Crippen molar-refractivity contribution in [2.75, 3.05) is 6.61 Å². The Morgan fingerprint density at radius 1 is 1.26 bits per heavy atom. The molecule has 0 aliphatic carbocycles. The molecule has 4 heteroatoms. The molecule has 1 aromatic carbocycles. The first kappa shape index (κ1) is 13.7. The van der Waals surface area contributed by atoms with Gasteiger partial charge >= 0.3 is 5.97 Å². The van der Waals surface area contributed by atoms with Gasteiger partial charge in [-0.05, 0) is 13.3 Å². The zero-order chi connectivity index (χ0) is 13.7. The number of thiazole rings is 1. The summed E-state index contributed by atoms with van der Waals surface area (Å²) in [5, 5.41) is 0.828. The van der Waals surface area contributed by atoms with Gasteiger partial charge in [0.15, 0.2) is 0 Å². The fourth-order valence-electron chi connectivity index (χ4n) is 1.87. The number of hydrogen-bond donors (Lipinski definition) is 0. The molecule has 0 amide bonds. The van der Waals surface area contributed by atoms with Gasteiger partial charge in [-0.1, -0.05) is 37.3 Å². The lowest BCUT2D eigenvalue weighted by atomic mass is 10.1. The van der Waals surface area contributed by atoms with Gasteiger partial charge in [0.05, 0.1) is 18.7 Å².